The molecular formula is C10H19NO2. The molecule has 1 heterocycles. The van der Waals surface area contributed by atoms with Crippen LogP contribution in [0, 0.1) is 0 Å². The lowest BCUT2D eigenvalue weighted by Crippen LogP contribution is -2.20. The first-order valence-corrected chi connectivity index (χ1v) is 4.96. The van der Waals surface area contributed by atoms with E-state index in [4.69, 9.17) is 4.74 Å². The summed E-state index contributed by atoms with van der Waals surface area (Å²) in [6, 6.07) is 0. The van der Waals surface area contributed by atoms with Gasteiger partial charge in [0.25, 0.3) is 0 Å². The molecule has 1 unspecified atom stereocenters. The lowest BCUT2D eigenvalue weighted by Gasteiger charge is -2.08. The zero-order valence-corrected chi connectivity index (χ0v) is 8.71. The van der Waals surface area contributed by atoms with Crippen LogP contribution in [-0.4, -0.2) is 29.3 Å². The van der Waals surface area contributed by atoms with Crippen molar-refractivity contribution < 1.29 is 9.84 Å². The van der Waals surface area contributed by atoms with Crippen LogP contribution in [0.15, 0.2) is 4.99 Å². The summed E-state index contributed by atoms with van der Waals surface area (Å²) in [5.74, 6) is 0.526. The van der Waals surface area contributed by atoms with E-state index in [2.05, 4.69) is 11.9 Å². The smallest absolute Gasteiger partial charge is 0.213 e. The number of rotatable bonds is 4. The van der Waals surface area contributed by atoms with Crippen LogP contribution < -0.4 is 0 Å². The zero-order chi connectivity index (χ0) is 9.90. The number of hydrogen-bond donors (Lipinski definition) is 1. The van der Waals surface area contributed by atoms with E-state index >= 15 is 0 Å². The quantitative estimate of drug-likeness (QED) is 0.725. The van der Waals surface area contributed by atoms with E-state index < -0.39 is 6.10 Å². The molecular weight excluding hydrogens is 166 g/mol. The normalized spacial score (nSPS) is 22.3. The van der Waals surface area contributed by atoms with E-state index in [0.29, 0.717) is 12.5 Å². The minimum Gasteiger partial charge on any atom is -0.477 e. The van der Waals surface area contributed by atoms with Gasteiger partial charge in [-0.15, -0.1) is 0 Å². The van der Waals surface area contributed by atoms with E-state index in [1.807, 2.05) is 13.8 Å². The number of hydrogen-bond acceptors (Lipinski definition) is 3. The summed E-state index contributed by atoms with van der Waals surface area (Å²) in [4.78, 5) is 4.32. The summed E-state index contributed by atoms with van der Waals surface area (Å²) in [6.07, 6.45) is 2.37. The highest BCUT2D eigenvalue weighted by Gasteiger charge is 2.29. The number of nitrogens with zero attached hydrogens (tertiary/aromatic N) is 1. The van der Waals surface area contributed by atoms with Gasteiger partial charge in [0.05, 0.1) is 5.54 Å². The summed E-state index contributed by atoms with van der Waals surface area (Å²) in [7, 11) is 0. The maximum absolute atomic E-state index is 9.66. The van der Waals surface area contributed by atoms with Gasteiger partial charge in [0.2, 0.25) is 5.90 Å². The Morgan fingerprint density at radius 1 is 1.62 bits per heavy atom. The SMILES string of the molecule is CCCCC(O)C1=NC(C)(C)CO1. The third kappa shape index (κ3) is 2.99. The molecule has 13 heavy (non-hydrogen) atoms. The molecule has 1 rings (SSSR count). The number of aliphatic imine (C=N–C) groups is 1. The predicted molar refractivity (Wildman–Crippen MR) is 53.0 cm³/mol. The molecule has 1 aliphatic heterocycles. The second kappa shape index (κ2) is 4.09. The zero-order valence-electron chi connectivity index (χ0n) is 8.71. The maximum atomic E-state index is 9.66. The summed E-state index contributed by atoms with van der Waals surface area (Å²) in [5, 5.41) is 9.66. The minimum atomic E-state index is -0.498. The van der Waals surface area contributed by atoms with Crippen molar-refractivity contribution >= 4 is 5.90 Å². The van der Waals surface area contributed by atoms with Crippen LogP contribution in [-0.2, 0) is 4.74 Å². The molecule has 0 spiro atoms. The van der Waals surface area contributed by atoms with Crippen molar-refractivity contribution in [1.29, 1.82) is 0 Å². The van der Waals surface area contributed by atoms with Crippen LogP contribution >= 0.6 is 0 Å². The topological polar surface area (TPSA) is 41.8 Å². The van der Waals surface area contributed by atoms with Crippen molar-refractivity contribution in [3.63, 3.8) is 0 Å². The molecule has 0 saturated carbocycles. The van der Waals surface area contributed by atoms with Gasteiger partial charge in [-0.2, -0.15) is 0 Å². The van der Waals surface area contributed by atoms with Gasteiger partial charge < -0.3 is 9.84 Å². The first-order valence-electron chi connectivity index (χ1n) is 4.96. The molecule has 0 amide bonds. The highest BCUT2D eigenvalue weighted by molar-refractivity contribution is 5.82. The van der Waals surface area contributed by atoms with Crippen LogP contribution in [0.5, 0.6) is 0 Å². The van der Waals surface area contributed by atoms with Crippen LogP contribution in [0.2, 0.25) is 0 Å². The van der Waals surface area contributed by atoms with Crippen molar-refractivity contribution in [2.75, 3.05) is 6.61 Å². The van der Waals surface area contributed by atoms with Crippen molar-refractivity contribution in [3.05, 3.63) is 0 Å². The third-order valence-electron chi connectivity index (χ3n) is 2.10. The summed E-state index contributed by atoms with van der Waals surface area (Å²) in [6.45, 7) is 6.71. The van der Waals surface area contributed by atoms with Crippen molar-refractivity contribution in [3.8, 4) is 0 Å². The standard InChI is InChI=1S/C10H19NO2/c1-4-5-6-8(12)9-11-10(2,3)7-13-9/h8,12H,4-7H2,1-3H3. The number of aliphatic hydroxyl groups excluding tert-OH is 1. The van der Waals surface area contributed by atoms with Gasteiger partial charge >= 0.3 is 0 Å². The molecule has 0 aromatic carbocycles. The summed E-state index contributed by atoms with van der Waals surface area (Å²) < 4.78 is 5.33. The fourth-order valence-corrected chi connectivity index (χ4v) is 1.31. The number of ether oxygens (including phenoxy) is 1. The van der Waals surface area contributed by atoms with Crippen molar-refractivity contribution in [2.24, 2.45) is 4.99 Å². The molecule has 0 aromatic rings. The van der Waals surface area contributed by atoms with Gasteiger partial charge in [0.1, 0.15) is 12.7 Å². The van der Waals surface area contributed by atoms with Crippen molar-refractivity contribution in [1.82, 2.24) is 0 Å². The Morgan fingerprint density at radius 2 is 2.31 bits per heavy atom. The Kier molecular flexibility index (Phi) is 3.31. The van der Waals surface area contributed by atoms with Crippen molar-refractivity contribution in [2.45, 2.75) is 51.7 Å². The molecule has 0 aromatic heterocycles. The Labute approximate surface area is 79.8 Å². The Hall–Kier alpha value is -0.570. The van der Waals surface area contributed by atoms with Gasteiger partial charge in [-0.3, -0.25) is 0 Å². The van der Waals surface area contributed by atoms with E-state index in [9.17, 15) is 5.11 Å². The predicted octanol–water partition coefficient (Wildman–Crippen LogP) is 1.74. The third-order valence-corrected chi connectivity index (χ3v) is 2.10. The molecule has 1 N–H and O–H groups in total. The fraction of sp³-hybridized carbons (Fsp3) is 0.900. The Bertz CT molecular complexity index is 199. The average molecular weight is 185 g/mol. The van der Waals surface area contributed by atoms with Gasteiger partial charge in [-0.25, -0.2) is 4.99 Å². The minimum absolute atomic E-state index is 0.150. The fourth-order valence-electron chi connectivity index (χ4n) is 1.31. The second-order valence-electron chi connectivity index (χ2n) is 4.21. The largest absolute Gasteiger partial charge is 0.477 e. The number of aliphatic hydroxyl groups is 1. The van der Waals surface area contributed by atoms with Crippen LogP contribution in [0.4, 0.5) is 0 Å². The van der Waals surface area contributed by atoms with Gasteiger partial charge in [0, 0.05) is 0 Å². The van der Waals surface area contributed by atoms with Crippen LogP contribution in [0.1, 0.15) is 40.0 Å². The summed E-state index contributed by atoms with van der Waals surface area (Å²) >= 11 is 0. The molecule has 0 saturated heterocycles. The Morgan fingerprint density at radius 3 is 2.77 bits per heavy atom. The van der Waals surface area contributed by atoms with Gasteiger partial charge in [-0.1, -0.05) is 19.8 Å². The second-order valence-corrected chi connectivity index (χ2v) is 4.21. The van der Waals surface area contributed by atoms with E-state index in [1.165, 1.54) is 0 Å². The molecule has 0 bridgehead atoms. The van der Waals surface area contributed by atoms with E-state index in [0.717, 1.165) is 19.3 Å². The lowest BCUT2D eigenvalue weighted by molar-refractivity contribution is 0.181. The van der Waals surface area contributed by atoms with Crippen LogP contribution in [0.3, 0.4) is 0 Å². The molecule has 76 valence electrons. The van der Waals surface area contributed by atoms with Gasteiger partial charge in [-0.05, 0) is 20.3 Å². The molecule has 0 radical (unpaired) electrons. The number of unbranched alkanes of at least 4 members (excludes halogenated alkanes) is 1. The average Bonchev–Trinajstić information content (AvgIpc) is 2.42. The molecule has 3 nitrogen and oxygen atoms in total. The van der Waals surface area contributed by atoms with E-state index in [1.54, 1.807) is 0 Å². The lowest BCUT2D eigenvalue weighted by atomic mass is 10.1. The first kappa shape index (κ1) is 10.5. The summed E-state index contributed by atoms with van der Waals surface area (Å²) in [5.41, 5.74) is -0.150. The van der Waals surface area contributed by atoms with Crippen LogP contribution in [0.25, 0.3) is 0 Å². The molecule has 3 heteroatoms. The highest BCUT2D eigenvalue weighted by Crippen LogP contribution is 2.19. The molecule has 0 fully saturated rings. The maximum Gasteiger partial charge on any atom is 0.213 e. The van der Waals surface area contributed by atoms with E-state index in [-0.39, 0.29) is 5.54 Å². The molecule has 0 aliphatic carbocycles. The molecule has 1 atom stereocenters. The van der Waals surface area contributed by atoms with Gasteiger partial charge in [0.15, 0.2) is 0 Å². The highest BCUT2D eigenvalue weighted by atomic mass is 16.5. The monoisotopic (exact) mass is 185 g/mol. The first-order chi connectivity index (χ1) is 6.05. The molecule has 1 aliphatic rings. The Balaban J connectivity index is 2.44.